The Morgan fingerprint density at radius 1 is 1.13 bits per heavy atom. The molecule has 0 saturated carbocycles. The molecule has 0 spiro atoms. The van der Waals surface area contributed by atoms with Crippen molar-refractivity contribution in [2.45, 2.75) is 9.10 Å². The first kappa shape index (κ1) is 10.3. The molecule has 15 heavy (non-hydrogen) atoms. The van der Waals surface area contributed by atoms with Crippen molar-refractivity contribution in [3.05, 3.63) is 47.3 Å². The topological polar surface area (TPSA) is 32.6 Å². The van der Waals surface area contributed by atoms with Crippen LogP contribution in [0, 0.1) is 0 Å². The first-order valence-corrected chi connectivity index (χ1v) is 6.02. The van der Waals surface area contributed by atoms with E-state index < -0.39 is 0 Å². The summed E-state index contributed by atoms with van der Waals surface area (Å²) in [7, 11) is 0. The van der Waals surface area contributed by atoms with Gasteiger partial charge in [0.15, 0.2) is 0 Å². The fourth-order valence-corrected chi connectivity index (χ4v) is 3.13. The Kier molecular flexibility index (Phi) is 3.42. The first-order valence-electron chi connectivity index (χ1n) is 4.38. The zero-order chi connectivity index (χ0) is 10.5. The maximum absolute atomic E-state index is 8.39. The fraction of sp³-hybridized carbons (Fsp3) is 0. The van der Waals surface area contributed by atoms with E-state index in [9.17, 15) is 0 Å². The largest absolute Gasteiger partial charge is 0.411 e. The Labute approximate surface area is 96.3 Å². The van der Waals surface area contributed by atoms with Gasteiger partial charge in [-0.05, 0) is 24.3 Å². The molecule has 0 aliphatic carbocycles. The number of hydrogen-bond donors (Lipinski definition) is 1. The minimum absolute atomic E-state index is 0.955. The van der Waals surface area contributed by atoms with Gasteiger partial charge in [-0.15, -0.1) is 11.3 Å². The van der Waals surface area contributed by atoms with Crippen LogP contribution in [0.1, 0.15) is 4.88 Å². The molecule has 0 saturated heterocycles. The second-order valence-corrected chi connectivity index (χ2v) is 5.31. The molecule has 0 aliphatic heterocycles. The Morgan fingerprint density at radius 3 is 2.67 bits per heavy atom. The van der Waals surface area contributed by atoms with E-state index in [0.29, 0.717) is 0 Å². The predicted octanol–water partition coefficient (Wildman–Crippen LogP) is 3.71. The van der Waals surface area contributed by atoms with Crippen molar-refractivity contribution in [1.29, 1.82) is 0 Å². The molecule has 1 aromatic carbocycles. The third kappa shape index (κ3) is 2.84. The maximum atomic E-state index is 8.39. The molecule has 1 N–H and O–H groups in total. The zero-order valence-corrected chi connectivity index (χ0v) is 9.46. The average molecular weight is 235 g/mol. The summed E-state index contributed by atoms with van der Waals surface area (Å²) in [6, 6.07) is 14.2. The van der Waals surface area contributed by atoms with Crippen LogP contribution in [0.4, 0.5) is 0 Å². The van der Waals surface area contributed by atoms with Crippen LogP contribution in [0.5, 0.6) is 0 Å². The van der Waals surface area contributed by atoms with Crippen molar-refractivity contribution in [3.63, 3.8) is 0 Å². The third-order valence-corrected chi connectivity index (χ3v) is 3.91. The summed E-state index contributed by atoms with van der Waals surface area (Å²) >= 11 is 3.32. The number of thiophene rings is 1. The highest BCUT2D eigenvalue weighted by atomic mass is 32.2. The third-order valence-electron chi connectivity index (χ3n) is 1.75. The molecular formula is C11H9NOS2. The molecule has 0 amide bonds. The number of rotatable bonds is 3. The van der Waals surface area contributed by atoms with Gasteiger partial charge in [0.2, 0.25) is 0 Å². The molecule has 1 heterocycles. The van der Waals surface area contributed by atoms with Gasteiger partial charge in [-0.2, -0.15) is 0 Å². The lowest BCUT2D eigenvalue weighted by atomic mass is 10.4. The van der Waals surface area contributed by atoms with Crippen LogP contribution in [0.15, 0.2) is 56.7 Å². The van der Waals surface area contributed by atoms with Crippen molar-refractivity contribution < 1.29 is 5.21 Å². The minimum Gasteiger partial charge on any atom is -0.411 e. The minimum atomic E-state index is 0.955. The van der Waals surface area contributed by atoms with Gasteiger partial charge in [0.05, 0.1) is 10.4 Å². The number of benzene rings is 1. The lowest BCUT2D eigenvalue weighted by Gasteiger charge is -1.95. The van der Waals surface area contributed by atoms with Crippen LogP contribution in [0.2, 0.25) is 0 Å². The van der Waals surface area contributed by atoms with Gasteiger partial charge in [-0.25, -0.2) is 0 Å². The summed E-state index contributed by atoms with van der Waals surface area (Å²) in [4.78, 5) is 2.17. The van der Waals surface area contributed by atoms with Crippen LogP contribution in [0.25, 0.3) is 0 Å². The summed E-state index contributed by atoms with van der Waals surface area (Å²) in [6.45, 7) is 0. The number of oxime groups is 1. The van der Waals surface area contributed by atoms with Crippen LogP contribution in [0.3, 0.4) is 0 Å². The van der Waals surface area contributed by atoms with Gasteiger partial charge in [0.25, 0.3) is 0 Å². The fourth-order valence-electron chi connectivity index (χ4n) is 1.12. The van der Waals surface area contributed by atoms with E-state index in [2.05, 4.69) is 17.3 Å². The molecule has 0 radical (unpaired) electrons. The van der Waals surface area contributed by atoms with Crippen LogP contribution in [-0.4, -0.2) is 11.4 Å². The zero-order valence-electron chi connectivity index (χ0n) is 7.83. The molecular weight excluding hydrogens is 226 g/mol. The van der Waals surface area contributed by atoms with Crippen molar-refractivity contribution in [2.24, 2.45) is 5.16 Å². The Bertz CT molecular complexity index is 451. The van der Waals surface area contributed by atoms with Crippen molar-refractivity contribution in [2.75, 3.05) is 0 Å². The lowest BCUT2D eigenvalue weighted by molar-refractivity contribution is 0.322. The highest BCUT2D eigenvalue weighted by molar-refractivity contribution is 8.01. The second kappa shape index (κ2) is 5.00. The van der Waals surface area contributed by atoms with Gasteiger partial charge in [-0.1, -0.05) is 35.1 Å². The Balaban J connectivity index is 2.11. The molecule has 0 aliphatic rings. The quantitative estimate of drug-likeness (QED) is 0.500. The van der Waals surface area contributed by atoms with E-state index in [4.69, 9.17) is 5.21 Å². The molecule has 0 atom stereocenters. The SMILES string of the molecule is O/N=C/c1ccc(Sc2ccccc2)s1. The highest BCUT2D eigenvalue weighted by Crippen LogP contribution is 2.32. The van der Waals surface area contributed by atoms with Crippen molar-refractivity contribution in [3.8, 4) is 0 Å². The highest BCUT2D eigenvalue weighted by Gasteiger charge is 2.00. The molecule has 2 aromatic rings. The molecule has 76 valence electrons. The molecule has 0 bridgehead atoms. The van der Waals surface area contributed by atoms with Crippen LogP contribution >= 0.6 is 23.1 Å². The van der Waals surface area contributed by atoms with Gasteiger partial charge in [-0.3, -0.25) is 0 Å². The van der Waals surface area contributed by atoms with Gasteiger partial charge in [0, 0.05) is 9.77 Å². The summed E-state index contributed by atoms with van der Waals surface area (Å²) in [5, 5.41) is 11.4. The van der Waals surface area contributed by atoms with E-state index in [1.165, 1.54) is 15.3 Å². The summed E-state index contributed by atoms with van der Waals surface area (Å²) in [5.74, 6) is 0. The van der Waals surface area contributed by atoms with E-state index in [-0.39, 0.29) is 0 Å². The van der Waals surface area contributed by atoms with Gasteiger partial charge >= 0.3 is 0 Å². The Morgan fingerprint density at radius 2 is 1.93 bits per heavy atom. The van der Waals surface area contributed by atoms with Gasteiger partial charge in [0.1, 0.15) is 0 Å². The molecule has 2 rings (SSSR count). The molecule has 0 fully saturated rings. The van der Waals surface area contributed by atoms with Crippen molar-refractivity contribution >= 4 is 29.3 Å². The number of nitrogens with zero attached hydrogens (tertiary/aromatic N) is 1. The molecule has 0 unspecified atom stereocenters. The second-order valence-electron chi connectivity index (χ2n) is 2.82. The smallest absolute Gasteiger partial charge is 0.0833 e. The van der Waals surface area contributed by atoms with E-state index >= 15 is 0 Å². The Hall–Kier alpha value is -1.26. The number of hydrogen-bond acceptors (Lipinski definition) is 4. The average Bonchev–Trinajstić information content (AvgIpc) is 2.68. The molecule has 4 heteroatoms. The normalized spacial score (nSPS) is 10.9. The van der Waals surface area contributed by atoms with Crippen LogP contribution in [-0.2, 0) is 0 Å². The van der Waals surface area contributed by atoms with Crippen LogP contribution < -0.4 is 0 Å². The molecule has 2 nitrogen and oxygen atoms in total. The van der Waals surface area contributed by atoms with Gasteiger partial charge < -0.3 is 5.21 Å². The van der Waals surface area contributed by atoms with E-state index in [1.807, 2.05) is 30.3 Å². The lowest BCUT2D eigenvalue weighted by Crippen LogP contribution is -1.68. The maximum Gasteiger partial charge on any atom is 0.0833 e. The van der Waals surface area contributed by atoms with E-state index in [0.717, 1.165) is 4.88 Å². The first-order chi connectivity index (χ1) is 7.38. The van der Waals surface area contributed by atoms with E-state index in [1.54, 1.807) is 23.1 Å². The molecule has 1 aromatic heterocycles. The predicted molar refractivity (Wildman–Crippen MR) is 64.3 cm³/mol. The summed E-state index contributed by atoms with van der Waals surface area (Å²) in [6.07, 6.45) is 1.44. The monoisotopic (exact) mass is 235 g/mol. The standard InChI is InChI=1S/C11H9NOS2/c13-12-8-10-6-7-11(15-10)14-9-4-2-1-3-5-9/h1-8,13H/b12-8+. The summed E-state index contributed by atoms with van der Waals surface area (Å²) < 4.78 is 1.19. The summed E-state index contributed by atoms with van der Waals surface area (Å²) in [5.41, 5.74) is 0. The van der Waals surface area contributed by atoms with Crippen molar-refractivity contribution in [1.82, 2.24) is 0 Å².